The minimum absolute atomic E-state index is 0.201. The van der Waals surface area contributed by atoms with Gasteiger partial charge in [-0.25, -0.2) is 4.79 Å². The van der Waals surface area contributed by atoms with Gasteiger partial charge in [-0.05, 0) is 26.0 Å². The number of aliphatic imine (C=N–C) groups is 1. The zero-order chi connectivity index (χ0) is 14.8. The fourth-order valence-corrected chi connectivity index (χ4v) is 2.39. The molecule has 7 heteroatoms. The van der Waals surface area contributed by atoms with E-state index in [0.717, 1.165) is 44.2 Å². The van der Waals surface area contributed by atoms with Crippen LogP contribution in [0.5, 0.6) is 0 Å². The minimum atomic E-state index is -0.201. The van der Waals surface area contributed by atoms with Gasteiger partial charge in [0.05, 0.1) is 6.61 Å². The van der Waals surface area contributed by atoms with Crippen LogP contribution in [-0.2, 0) is 4.74 Å². The van der Waals surface area contributed by atoms with Crippen molar-refractivity contribution in [1.29, 1.82) is 0 Å². The number of carbonyl (C=O) groups excluding carboxylic acids is 1. The van der Waals surface area contributed by atoms with Gasteiger partial charge in [-0.1, -0.05) is 0 Å². The second-order valence-electron chi connectivity index (χ2n) is 4.60. The average molecular weight is 302 g/mol. The second kappa shape index (κ2) is 9.74. The fraction of sp³-hybridized carbons (Fsp3) is 0.846. The van der Waals surface area contributed by atoms with Crippen LogP contribution in [0.4, 0.5) is 4.79 Å². The van der Waals surface area contributed by atoms with Gasteiger partial charge >= 0.3 is 6.09 Å². The van der Waals surface area contributed by atoms with Gasteiger partial charge in [-0.15, -0.1) is 0 Å². The summed E-state index contributed by atoms with van der Waals surface area (Å²) in [6.07, 6.45) is 3.72. The van der Waals surface area contributed by atoms with Crippen LogP contribution >= 0.6 is 11.8 Å². The maximum absolute atomic E-state index is 11.6. The lowest BCUT2D eigenvalue weighted by molar-refractivity contribution is 0.0963. The Kier molecular flexibility index (Phi) is 8.25. The Morgan fingerprint density at radius 1 is 1.45 bits per heavy atom. The molecule has 1 aliphatic rings. The predicted octanol–water partition coefficient (Wildman–Crippen LogP) is 1.14. The molecule has 0 unspecified atom stereocenters. The second-order valence-corrected chi connectivity index (χ2v) is 5.58. The van der Waals surface area contributed by atoms with Gasteiger partial charge in [0, 0.05) is 38.5 Å². The molecule has 1 aliphatic heterocycles. The van der Waals surface area contributed by atoms with Crippen molar-refractivity contribution in [1.82, 2.24) is 15.5 Å². The molecule has 0 aromatic carbocycles. The Labute approximate surface area is 125 Å². The summed E-state index contributed by atoms with van der Waals surface area (Å²) in [4.78, 5) is 17.6. The van der Waals surface area contributed by atoms with Gasteiger partial charge < -0.3 is 20.3 Å². The molecule has 0 atom stereocenters. The zero-order valence-corrected chi connectivity index (χ0v) is 13.5. The Morgan fingerprint density at radius 3 is 2.70 bits per heavy atom. The maximum Gasteiger partial charge on any atom is 0.409 e. The van der Waals surface area contributed by atoms with Gasteiger partial charge in [0.1, 0.15) is 0 Å². The van der Waals surface area contributed by atoms with Crippen LogP contribution in [0.2, 0.25) is 0 Å². The Balaban J connectivity index is 2.28. The maximum atomic E-state index is 11.6. The normalized spacial score (nSPS) is 16.9. The molecular formula is C13H26N4O2S. The van der Waals surface area contributed by atoms with E-state index in [9.17, 15) is 4.79 Å². The smallest absolute Gasteiger partial charge is 0.409 e. The highest BCUT2D eigenvalue weighted by Crippen LogP contribution is 2.11. The summed E-state index contributed by atoms with van der Waals surface area (Å²) in [6, 6.07) is 0.362. The fourth-order valence-electron chi connectivity index (χ4n) is 2.08. The molecule has 0 radical (unpaired) electrons. The first-order valence-electron chi connectivity index (χ1n) is 7.09. The summed E-state index contributed by atoms with van der Waals surface area (Å²) in [5, 5.41) is 6.69. The predicted molar refractivity (Wildman–Crippen MR) is 84.5 cm³/mol. The van der Waals surface area contributed by atoms with Crippen molar-refractivity contribution in [3.63, 3.8) is 0 Å². The number of nitrogens with zero attached hydrogens (tertiary/aromatic N) is 2. The van der Waals surface area contributed by atoms with Gasteiger partial charge in [0.15, 0.2) is 5.96 Å². The molecular weight excluding hydrogens is 276 g/mol. The molecule has 1 amide bonds. The first kappa shape index (κ1) is 16.9. The summed E-state index contributed by atoms with van der Waals surface area (Å²) in [5.41, 5.74) is 0. The number of thioether (sulfide) groups is 1. The van der Waals surface area contributed by atoms with Gasteiger partial charge in [-0.2, -0.15) is 11.8 Å². The number of rotatable bonds is 5. The molecule has 0 saturated carbocycles. The highest BCUT2D eigenvalue weighted by Gasteiger charge is 2.23. The van der Waals surface area contributed by atoms with Crippen molar-refractivity contribution in [3.8, 4) is 0 Å². The topological polar surface area (TPSA) is 66.0 Å². The summed E-state index contributed by atoms with van der Waals surface area (Å²) in [5.74, 6) is 1.90. The van der Waals surface area contributed by atoms with E-state index in [0.29, 0.717) is 12.6 Å². The quantitative estimate of drug-likeness (QED) is 0.453. The number of nitrogens with one attached hydrogen (secondary N) is 2. The number of guanidine groups is 1. The van der Waals surface area contributed by atoms with Crippen LogP contribution in [0.15, 0.2) is 4.99 Å². The molecule has 0 aromatic rings. The Bertz CT molecular complexity index is 317. The van der Waals surface area contributed by atoms with E-state index in [-0.39, 0.29) is 6.09 Å². The lowest BCUT2D eigenvalue weighted by Gasteiger charge is -2.32. The highest BCUT2D eigenvalue weighted by molar-refractivity contribution is 7.98. The third-order valence-electron chi connectivity index (χ3n) is 3.18. The molecule has 20 heavy (non-hydrogen) atoms. The first-order chi connectivity index (χ1) is 9.71. The Hall–Kier alpha value is -1.11. The van der Waals surface area contributed by atoms with E-state index in [2.05, 4.69) is 21.9 Å². The number of carbonyl (C=O) groups is 1. The molecule has 1 saturated heterocycles. The van der Waals surface area contributed by atoms with Crippen LogP contribution in [0.3, 0.4) is 0 Å². The van der Waals surface area contributed by atoms with Crippen LogP contribution in [0.25, 0.3) is 0 Å². The molecule has 6 nitrogen and oxygen atoms in total. The number of hydrogen-bond acceptors (Lipinski definition) is 4. The summed E-state index contributed by atoms with van der Waals surface area (Å²) in [7, 11) is 1.78. The van der Waals surface area contributed by atoms with Crippen LogP contribution in [0.1, 0.15) is 19.8 Å². The monoisotopic (exact) mass is 302 g/mol. The van der Waals surface area contributed by atoms with Crippen LogP contribution < -0.4 is 10.6 Å². The van der Waals surface area contributed by atoms with Gasteiger partial charge in [-0.3, -0.25) is 4.99 Å². The van der Waals surface area contributed by atoms with Crippen molar-refractivity contribution in [3.05, 3.63) is 0 Å². The number of likely N-dealkylation sites (tertiary alicyclic amines) is 1. The standard InChI is InChI=1S/C13H26N4O2S/c1-4-19-13(18)17-8-5-11(6-9-17)16-12(14-2)15-7-10-20-3/h11H,4-10H2,1-3H3,(H2,14,15,16). The van der Waals surface area contributed by atoms with Crippen LogP contribution in [0, 0.1) is 0 Å². The molecule has 0 aromatic heterocycles. The third kappa shape index (κ3) is 5.90. The van der Waals surface area contributed by atoms with Crippen molar-refractivity contribution in [2.75, 3.05) is 45.3 Å². The lowest BCUT2D eigenvalue weighted by atomic mass is 10.1. The van der Waals surface area contributed by atoms with Crippen LogP contribution in [-0.4, -0.2) is 68.3 Å². The van der Waals surface area contributed by atoms with Crippen molar-refractivity contribution < 1.29 is 9.53 Å². The first-order valence-corrected chi connectivity index (χ1v) is 8.48. The van der Waals surface area contributed by atoms with E-state index in [1.54, 1.807) is 23.7 Å². The third-order valence-corrected chi connectivity index (χ3v) is 3.80. The molecule has 0 bridgehead atoms. The molecule has 0 spiro atoms. The summed E-state index contributed by atoms with van der Waals surface area (Å²) >= 11 is 1.80. The van der Waals surface area contributed by atoms with E-state index in [1.807, 2.05) is 6.92 Å². The molecule has 0 aliphatic carbocycles. The summed E-state index contributed by atoms with van der Waals surface area (Å²) < 4.78 is 5.01. The molecule has 1 fully saturated rings. The van der Waals surface area contributed by atoms with Crippen molar-refractivity contribution in [2.45, 2.75) is 25.8 Å². The average Bonchev–Trinajstić information content (AvgIpc) is 2.47. The van der Waals surface area contributed by atoms with Gasteiger partial charge in [0.25, 0.3) is 0 Å². The van der Waals surface area contributed by atoms with Gasteiger partial charge in [0.2, 0.25) is 0 Å². The Morgan fingerprint density at radius 2 is 2.15 bits per heavy atom. The largest absolute Gasteiger partial charge is 0.450 e. The minimum Gasteiger partial charge on any atom is -0.450 e. The molecule has 1 rings (SSSR count). The van der Waals surface area contributed by atoms with E-state index in [4.69, 9.17) is 4.74 Å². The zero-order valence-electron chi connectivity index (χ0n) is 12.6. The van der Waals surface area contributed by atoms with Crippen molar-refractivity contribution >= 4 is 23.8 Å². The van der Waals surface area contributed by atoms with E-state index < -0.39 is 0 Å². The molecule has 1 heterocycles. The number of amides is 1. The number of ether oxygens (including phenoxy) is 1. The van der Waals surface area contributed by atoms with E-state index in [1.165, 1.54) is 0 Å². The molecule has 116 valence electrons. The summed E-state index contributed by atoms with van der Waals surface area (Å²) in [6.45, 7) is 4.64. The lowest BCUT2D eigenvalue weighted by Crippen LogP contribution is -2.50. The highest BCUT2D eigenvalue weighted by atomic mass is 32.2. The molecule has 2 N–H and O–H groups in total. The SMILES string of the molecule is CCOC(=O)N1CCC(NC(=NC)NCCSC)CC1. The number of hydrogen-bond donors (Lipinski definition) is 2. The number of piperidine rings is 1. The van der Waals surface area contributed by atoms with E-state index >= 15 is 0 Å². The van der Waals surface area contributed by atoms with Crippen molar-refractivity contribution in [2.24, 2.45) is 4.99 Å².